The zero-order valence-corrected chi connectivity index (χ0v) is 34.7. The van der Waals surface area contributed by atoms with Gasteiger partial charge in [0.1, 0.15) is 17.2 Å². The fraction of sp³-hybridized carbons (Fsp3) is 0.353. The second kappa shape index (κ2) is 18.8. The molecule has 0 aromatic heterocycles. The topological polar surface area (TPSA) is 60.0 Å². The molecule has 2 aliphatic rings. The molecule has 0 saturated carbocycles. The lowest BCUT2D eigenvalue weighted by Crippen LogP contribution is -2.51. The third-order valence-electron chi connectivity index (χ3n) is 11.5. The molecule has 8 rings (SSSR count). The van der Waals surface area contributed by atoms with E-state index in [2.05, 4.69) is 92.0 Å². The predicted molar refractivity (Wildman–Crippen MR) is 232 cm³/mol. The summed E-state index contributed by atoms with van der Waals surface area (Å²) in [6, 6.07) is 42.9. The minimum Gasteiger partial charge on any atom is -0.444 e. The van der Waals surface area contributed by atoms with Crippen LogP contribution in [0, 0.1) is 23.5 Å². The van der Waals surface area contributed by atoms with E-state index in [0.29, 0.717) is 32.2 Å². The Morgan fingerprint density at radius 2 is 1.08 bits per heavy atom. The van der Waals surface area contributed by atoms with Crippen molar-refractivity contribution in [2.75, 3.05) is 26.2 Å². The molecule has 0 aliphatic carbocycles. The Labute approximate surface area is 347 Å². The summed E-state index contributed by atoms with van der Waals surface area (Å²) in [5.41, 5.74) is 3.88. The van der Waals surface area contributed by atoms with Crippen molar-refractivity contribution in [3.8, 4) is 0 Å². The standard InChI is InChI=1S/C28H32FNO3.C23H24FNO/c1-19-16-30(27(31)33-28(2,3)4)17-25(26(19)22-11-13-24(29)14-12-22)32-18-20-9-10-21-7-5-6-8-23(21)15-20;1-16-13-25-14-22(23(16)19-8-10-21(24)11-9-19)26-15-17-6-7-18-4-2-3-5-20(18)12-17/h5-15,19,25-26H,16-18H2,1-4H3;2-12,16,22-23,25H,13-15H2,1H3. The van der Waals surface area contributed by atoms with E-state index in [9.17, 15) is 13.6 Å². The van der Waals surface area contributed by atoms with Crippen LogP contribution in [-0.2, 0) is 27.4 Å². The summed E-state index contributed by atoms with van der Waals surface area (Å²) in [6.45, 7) is 13.7. The van der Waals surface area contributed by atoms with Gasteiger partial charge in [0.25, 0.3) is 0 Å². The van der Waals surface area contributed by atoms with Gasteiger partial charge in [-0.15, -0.1) is 0 Å². The molecule has 8 heteroatoms. The van der Waals surface area contributed by atoms with Crippen molar-refractivity contribution in [2.45, 2.75) is 77.5 Å². The average molecular weight is 799 g/mol. The van der Waals surface area contributed by atoms with E-state index in [1.807, 2.05) is 57.2 Å². The largest absolute Gasteiger partial charge is 0.444 e. The molecule has 6 nitrogen and oxygen atoms in total. The number of amides is 1. The van der Waals surface area contributed by atoms with Crippen molar-refractivity contribution in [1.82, 2.24) is 10.2 Å². The third kappa shape index (κ3) is 10.9. The Morgan fingerprint density at radius 1 is 0.610 bits per heavy atom. The molecular formula is C51H56F2N2O4. The maximum Gasteiger partial charge on any atom is 0.410 e. The first-order valence-corrected chi connectivity index (χ1v) is 20.8. The molecule has 0 bridgehead atoms. The van der Waals surface area contributed by atoms with Crippen LogP contribution in [0.5, 0.6) is 0 Å². The molecule has 6 unspecified atom stereocenters. The first-order valence-electron chi connectivity index (χ1n) is 20.8. The Balaban J connectivity index is 0.000000184. The van der Waals surface area contributed by atoms with Crippen molar-refractivity contribution >= 4 is 27.6 Å². The highest BCUT2D eigenvalue weighted by atomic mass is 19.1. The van der Waals surface area contributed by atoms with Gasteiger partial charge in [-0.05, 0) is 119 Å². The molecule has 1 N–H and O–H groups in total. The molecule has 0 radical (unpaired) electrons. The van der Waals surface area contributed by atoms with Crippen LogP contribution in [0.1, 0.15) is 68.7 Å². The van der Waals surface area contributed by atoms with Gasteiger partial charge >= 0.3 is 6.09 Å². The summed E-state index contributed by atoms with van der Waals surface area (Å²) in [6.07, 6.45) is -0.486. The van der Waals surface area contributed by atoms with E-state index < -0.39 is 5.60 Å². The molecule has 308 valence electrons. The number of nitrogens with zero attached hydrogens (tertiary/aromatic N) is 1. The van der Waals surface area contributed by atoms with Crippen LogP contribution in [0.25, 0.3) is 21.5 Å². The number of ether oxygens (including phenoxy) is 3. The number of carbonyl (C=O) groups is 1. The monoisotopic (exact) mass is 798 g/mol. The summed E-state index contributed by atoms with van der Waals surface area (Å²) < 4.78 is 45.3. The van der Waals surface area contributed by atoms with Gasteiger partial charge in [-0.1, -0.05) is 111 Å². The van der Waals surface area contributed by atoms with Crippen LogP contribution in [0.15, 0.2) is 133 Å². The highest BCUT2D eigenvalue weighted by Crippen LogP contribution is 2.37. The molecule has 6 aromatic carbocycles. The molecule has 0 spiro atoms. The van der Waals surface area contributed by atoms with E-state index in [-0.39, 0.29) is 47.7 Å². The molecule has 2 heterocycles. The van der Waals surface area contributed by atoms with E-state index in [1.54, 1.807) is 17.0 Å². The van der Waals surface area contributed by atoms with E-state index in [0.717, 1.165) is 29.8 Å². The van der Waals surface area contributed by atoms with Crippen molar-refractivity contribution in [3.63, 3.8) is 0 Å². The molecule has 1 amide bonds. The maximum atomic E-state index is 13.6. The number of hydrogen-bond donors (Lipinski definition) is 1. The van der Waals surface area contributed by atoms with Crippen LogP contribution < -0.4 is 5.32 Å². The summed E-state index contributed by atoms with van der Waals surface area (Å²) in [7, 11) is 0. The van der Waals surface area contributed by atoms with Crippen LogP contribution >= 0.6 is 0 Å². The number of fused-ring (bicyclic) bond motifs is 2. The number of halogens is 2. The zero-order chi connectivity index (χ0) is 41.5. The molecule has 2 saturated heterocycles. The fourth-order valence-corrected chi connectivity index (χ4v) is 8.62. The number of piperidine rings is 2. The first kappa shape index (κ1) is 42.0. The van der Waals surface area contributed by atoms with Gasteiger partial charge in [-0.3, -0.25) is 0 Å². The molecule has 59 heavy (non-hydrogen) atoms. The average Bonchev–Trinajstić information content (AvgIpc) is 3.22. The SMILES string of the molecule is CC1CN(C(=O)OC(C)(C)C)CC(OCc2ccc3ccccc3c2)C1c1ccc(F)cc1.CC1CNCC(OCc2ccc3ccccc3c2)C1c1ccc(F)cc1. The van der Waals surface area contributed by atoms with Crippen LogP contribution in [0.2, 0.25) is 0 Å². The van der Waals surface area contributed by atoms with E-state index in [4.69, 9.17) is 14.2 Å². The molecule has 2 fully saturated rings. The Morgan fingerprint density at radius 3 is 1.59 bits per heavy atom. The normalized spacial score (nSPS) is 22.1. The Bertz CT molecular complexity index is 2310. The van der Waals surface area contributed by atoms with Crippen molar-refractivity contribution in [1.29, 1.82) is 0 Å². The van der Waals surface area contributed by atoms with Gasteiger partial charge in [-0.2, -0.15) is 0 Å². The summed E-state index contributed by atoms with van der Waals surface area (Å²) in [5.74, 6) is 0.436. The third-order valence-corrected chi connectivity index (χ3v) is 11.5. The summed E-state index contributed by atoms with van der Waals surface area (Å²) in [5, 5.41) is 8.30. The lowest BCUT2D eigenvalue weighted by atomic mass is 9.79. The quantitative estimate of drug-likeness (QED) is 0.166. The number of rotatable bonds is 8. The second-order valence-corrected chi connectivity index (χ2v) is 17.2. The van der Waals surface area contributed by atoms with Crippen LogP contribution in [0.4, 0.5) is 13.6 Å². The number of hydrogen-bond acceptors (Lipinski definition) is 5. The van der Waals surface area contributed by atoms with Gasteiger partial charge in [0.15, 0.2) is 0 Å². The van der Waals surface area contributed by atoms with Crippen LogP contribution in [0.3, 0.4) is 0 Å². The maximum absolute atomic E-state index is 13.6. The zero-order valence-electron chi connectivity index (χ0n) is 34.7. The van der Waals surface area contributed by atoms with Gasteiger partial charge in [0, 0.05) is 24.9 Å². The van der Waals surface area contributed by atoms with Crippen molar-refractivity contribution < 1.29 is 27.8 Å². The highest BCUT2D eigenvalue weighted by Gasteiger charge is 2.39. The molecule has 6 atom stereocenters. The van der Waals surface area contributed by atoms with Gasteiger partial charge in [0.05, 0.1) is 32.0 Å². The summed E-state index contributed by atoms with van der Waals surface area (Å²) >= 11 is 0. The molecule has 2 aliphatic heterocycles. The lowest BCUT2D eigenvalue weighted by molar-refractivity contribution is -0.0502. The predicted octanol–water partition coefficient (Wildman–Crippen LogP) is 11.4. The second-order valence-electron chi connectivity index (χ2n) is 17.2. The molecule has 6 aromatic rings. The Kier molecular flexibility index (Phi) is 13.4. The van der Waals surface area contributed by atoms with E-state index in [1.165, 1.54) is 39.2 Å². The number of nitrogens with one attached hydrogen (secondary N) is 1. The lowest BCUT2D eigenvalue weighted by Gasteiger charge is -2.43. The smallest absolute Gasteiger partial charge is 0.410 e. The van der Waals surface area contributed by atoms with Gasteiger partial charge in [-0.25, -0.2) is 13.6 Å². The fourth-order valence-electron chi connectivity index (χ4n) is 8.62. The van der Waals surface area contributed by atoms with Crippen LogP contribution in [-0.4, -0.2) is 55.0 Å². The minimum absolute atomic E-state index is 0.0461. The molecular weight excluding hydrogens is 743 g/mol. The number of carbonyl (C=O) groups excluding carboxylic acids is 1. The Hall–Kier alpha value is -5.15. The number of benzene rings is 6. The summed E-state index contributed by atoms with van der Waals surface area (Å²) in [4.78, 5) is 14.5. The first-order chi connectivity index (χ1) is 28.4. The van der Waals surface area contributed by atoms with Crippen molar-refractivity contribution in [2.24, 2.45) is 11.8 Å². The highest BCUT2D eigenvalue weighted by molar-refractivity contribution is 5.83. The van der Waals surface area contributed by atoms with Gasteiger partial charge in [0.2, 0.25) is 0 Å². The van der Waals surface area contributed by atoms with E-state index >= 15 is 0 Å². The number of likely N-dealkylation sites (tertiary alicyclic amines) is 1. The minimum atomic E-state index is -0.560. The van der Waals surface area contributed by atoms with Crippen molar-refractivity contribution in [3.05, 3.63) is 167 Å². The van der Waals surface area contributed by atoms with Gasteiger partial charge < -0.3 is 24.4 Å².